The molecule has 168 valence electrons. The van der Waals surface area contributed by atoms with E-state index in [4.69, 9.17) is 0 Å². The monoisotopic (exact) mass is 402 g/mol. The lowest BCUT2D eigenvalue weighted by Crippen LogP contribution is -2.54. The minimum Gasteiger partial charge on any atom is -0.393 e. The Labute approximate surface area is 181 Å². The van der Waals surface area contributed by atoms with E-state index in [1.165, 1.54) is 57.8 Å². The molecule has 4 aliphatic carbocycles. The average Bonchev–Trinajstić information content (AvgIpc) is 3.03. The lowest BCUT2D eigenvalue weighted by atomic mass is 9.44. The summed E-state index contributed by atoms with van der Waals surface area (Å²) in [7, 11) is 0. The van der Waals surface area contributed by atoms with Crippen LogP contribution in [0, 0.1) is 58.2 Å². The van der Waals surface area contributed by atoms with Crippen LogP contribution in [0.1, 0.15) is 112 Å². The molecule has 4 saturated carbocycles. The van der Waals surface area contributed by atoms with Gasteiger partial charge in [0, 0.05) is 0 Å². The quantitative estimate of drug-likeness (QED) is 0.499. The van der Waals surface area contributed by atoms with Gasteiger partial charge >= 0.3 is 0 Å². The predicted molar refractivity (Wildman–Crippen MR) is 124 cm³/mol. The Kier molecular flexibility index (Phi) is 6.22. The molecule has 1 N–H and O–H groups in total. The number of hydrogen-bond donors (Lipinski definition) is 1. The van der Waals surface area contributed by atoms with Crippen molar-refractivity contribution < 1.29 is 5.11 Å². The maximum absolute atomic E-state index is 10.3. The Balaban J connectivity index is 1.46. The van der Waals surface area contributed by atoms with Crippen LogP contribution in [-0.2, 0) is 0 Å². The summed E-state index contributed by atoms with van der Waals surface area (Å²) in [6.45, 7) is 15.2. The van der Waals surface area contributed by atoms with Crippen molar-refractivity contribution >= 4 is 0 Å². The molecule has 4 fully saturated rings. The molecule has 3 unspecified atom stereocenters. The van der Waals surface area contributed by atoms with Crippen molar-refractivity contribution in [2.45, 2.75) is 118 Å². The van der Waals surface area contributed by atoms with Gasteiger partial charge in [0.05, 0.1) is 6.10 Å². The number of fused-ring (bicyclic) bond motifs is 5. The minimum absolute atomic E-state index is 0.0107. The van der Waals surface area contributed by atoms with Crippen molar-refractivity contribution in [1.29, 1.82) is 0 Å². The molecule has 29 heavy (non-hydrogen) atoms. The van der Waals surface area contributed by atoms with Gasteiger partial charge in [0.2, 0.25) is 0 Å². The van der Waals surface area contributed by atoms with Crippen LogP contribution in [0.4, 0.5) is 0 Å². The molecule has 0 aromatic heterocycles. The lowest BCUT2D eigenvalue weighted by Gasteiger charge is -2.61. The zero-order valence-electron chi connectivity index (χ0n) is 20.4. The molecule has 1 heteroatoms. The third kappa shape index (κ3) is 3.74. The third-order valence-corrected chi connectivity index (χ3v) is 11.6. The fourth-order valence-electron chi connectivity index (χ4n) is 9.27. The first-order valence-electron chi connectivity index (χ1n) is 13.3. The van der Waals surface area contributed by atoms with Crippen LogP contribution in [0.15, 0.2) is 0 Å². The van der Waals surface area contributed by atoms with E-state index >= 15 is 0 Å². The highest BCUT2D eigenvalue weighted by Gasteiger charge is 2.60. The van der Waals surface area contributed by atoms with E-state index in [1.807, 2.05) is 0 Å². The number of hydrogen-bond acceptors (Lipinski definition) is 1. The average molecular weight is 403 g/mol. The molecule has 0 bridgehead atoms. The van der Waals surface area contributed by atoms with Gasteiger partial charge in [0.1, 0.15) is 0 Å². The summed E-state index contributed by atoms with van der Waals surface area (Å²) < 4.78 is 0. The van der Waals surface area contributed by atoms with Gasteiger partial charge in [-0.25, -0.2) is 0 Å². The van der Waals surface area contributed by atoms with Crippen molar-refractivity contribution in [1.82, 2.24) is 0 Å². The number of aliphatic hydroxyl groups is 1. The Hall–Kier alpha value is -0.0400. The van der Waals surface area contributed by atoms with Gasteiger partial charge in [-0.1, -0.05) is 54.4 Å². The topological polar surface area (TPSA) is 20.2 Å². The van der Waals surface area contributed by atoms with Crippen LogP contribution in [0.5, 0.6) is 0 Å². The molecule has 0 spiro atoms. The van der Waals surface area contributed by atoms with Crippen molar-refractivity contribution in [3.8, 4) is 0 Å². The summed E-state index contributed by atoms with van der Waals surface area (Å²) in [4.78, 5) is 0. The highest BCUT2D eigenvalue weighted by molar-refractivity contribution is 5.09. The second-order valence-electron chi connectivity index (χ2n) is 13.1. The zero-order chi connectivity index (χ0) is 21.0. The van der Waals surface area contributed by atoms with Gasteiger partial charge in [0.15, 0.2) is 0 Å². The molecular weight excluding hydrogens is 352 g/mol. The van der Waals surface area contributed by atoms with Crippen LogP contribution < -0.4 is 0 Å². The van der Waals surface area contributed by atoms with E-state index in [-0.39, 0.29) is 6.10 Å². The first-order valence-corrected chi connectivity index (χ1v) is 13.3. The molecule has 0 radical (unpaired) electrons. The van der Waals surface area contributed by atoms with Gasteiger partial charge < -0.3 is 5.11 Å². The zero-order valence-corrected chi connectivity index (χ0v) is 20.4. The van der Waals surface area contributed by atoms with Crippen molar-refractivity contribution in [3.63, 3.8) is 0 Å². The van der Waals surface area contributed by atoms with Crippen LogP contribution in [0.3, 0.4) is 0 Å². The van der Waals surface area contributed by atoms with Crippen LogP contribution in [0.25, 0.3) is 0 Å². The highest BCUT2D eigenvalue weighted by atomic mass is 16.3. The van der Waals surface area contributed by atoms with Crippen molar-refractivity contribution in [2.24, 2.45) is 58.2 Å². The summed E-state index contributed by atoms with van der Waals surface area (Å²) in [5, 5.41) is 10.3. The van der Waals surface area contributed by atoms with Crippen molar-refractivity contribution in [2.75, 3.05) is 0 Å². The first-order chi connectivity index (χ1) is 13.7. The van der Waals surface area contributed by atoms with E-state index in [1.54, 1.807) is 0 Å². The van der Waals surface area contributed by atoms with Gasteiger partial charge in [0.25, 0.3) is 0 Å². The van der Waals surface area contributed by atoms with E-state index in [2.05, 4.69) is 41.5 Å². The molecule has 0 aromatic carbocycles. The van der Waals surface area contributed by atoms with Crippen LogP contribution in [0.2, 0.25) is 0 Å². The van der Waals surface area contributed by atoms with Gasteiger partial charge in [-0.15, -0.1) is 0 Å². The predicted octanol–water partition coefficient (Wildman–Crippen LogP) is 7.71. The maximum atomic E-state index is 10.3. The Morgan fingerprint density at radius 2 is 1.48 bits per heavy atom. The largest absolute Gasteiger partial charge is 0.393 e. The normalized spacial score (nSPS) is 49.2. The molecule has 0 aromatic rings. The molecule has 0 aliphatic heterocycles. The van der Waals surface area contributed by atoms with Crippen LogP contribution >= 0.6 is 0 Å². The van der Waals surface area contributed by atoms with E-state index in [0.717, 1.165) is 60.2 Å². The fourth-order valence-corrected chi connectivity index (χ4v) is 9.27. The second kappa shape index (κ2) is 8.14. The standard InChI is InChI=1S/C28H50O/c1-18(2)19(3)7-8-20(4)24-11-12-25-23-10-9-21-17-22(29)13-15-27(21,5)26(23)14-16-28(24,25)6/h18-26,29H,7-17H2,1-6H3/t19-,20+,21-,22-,23?,24+,25?,26?,27-,28+/m0/s1. The lowest BCUT2D eigenvalue weighted by molar-refractivity contribution is -0.129. The van der Waals surface area contributed by atoms with Gasteiger partial charge in [-0.2, -0.15) is 0 Å². The number of aliphatic hydroxyl groups excluding tert-OH is 1. The first kappa shape index (κ1) is 22.2. The number of rotatable bonds is 5. The second-order valence-corrected chi connectivity index (χ2v) is 13.1. The van der Waals surface area contributed by atoms with Crippen LogP contribution in [-0.4, -0.2) is 11.2 Å². The third-order valence-electron chi connectivity index (χ3n) is 11.6. The summed E-state index contributed by atoms with van der Waals surface area (Å²) in [6, 6.07) is 0. The van der Waals surface area contributed by atoms with Crippen molar-refractivity contribution in [3.05, 3.63) is 0 Å². The Bertz CT molecular complexity index is 569. The molecule has 0 heterocycles. The summed E-state index contributed by atoms with van der Waals surface area (Å²) in [6.07, 6.45) is 15.1. The molecule has 1 nitrogen and oxygen atoms in total. The molecule has 10 atom stereocenters. The highest BCUT2D eigenvalue weighted by Crippen LogP contribution is 2.68. The SMILES string of the molecule is CC(C)[C@@H](C)CC[C@@H](C)[C@H]1CCC2C3CC[C@H]4C[C@@H](O)CC[C@]4(C)C3CC[C@@]21C. The van der Waals surface area contributed by atoms with Gasteiger partial charge in [-0.05, 0) is 116 Å². The fraction of sp³-hybridized carbons (Fsp3) is 1.00. The Morgan fingerprint density at radius 1 is 0.793 bits per heavy atom. The summed E-state index contributed by atoms with van der Waals surface area (Å²) in [5.41, 5.74) is 1.14. The van der Waals surface area contributed by atoms with E-state index < -0.39 is 0 Å². The van der Waals surface area contributed by atoms with Gasteiger partial charge in [-0.3, -0.25) is 0 Å². The maximum Gasteiger partial charge on any atom is 0.0543 e. The minimum atomic E-state index is -0.0107. The Morgan fingerprint density at radius 3 is 2.21 bits per heavy atom. The smallest absolute Gasteiger partial charge is 0.0543 e. The molecule has 0 saturated heterocycles. The van der Waals surface area contributed by atoms with E-state index in [9.17, 15) is 5.11 Å². The molecule has 4 rings (SSSR count). The molecule has 4 aliphatic rings. The summed E-state index contributed by atoms with van der Waals surface area (Å²) in [5.74, 6) is 7.28. The molecular formula is C28H50O. The summed E-state index contributed by atoms with van der Waals surface area (Å²) >= 11 is 0. The molecule has 0 amide bonds. The van der Waals surface area contributed by atoms with E-state index in [0.29, 0.717) is 10.8 Å².